The summed E-state index contributed by atoms with van der Waals surface area (Å²) in [5, 5.41) is 9.53. The summed E-state index contributed by atoms with van der Waals surface area (Å²) in [6, 6.07) is 9.77. The zero-order valence-corrected chi connectivity index (χ0v) is 9.89. The van der Waals surface area contributed by atoms with Crippen molar-refractivity contribution in [3.63, 3.8) is 0 Å². The number of benzene rings is 1. The standard InChI is InChI=1S/C15H16O2/c1-12-7-5-6-10-15(12,14(16)17)11-13-8-3-2-4-9-13/h2-4,6-10H,5,11H2,1H3,(H,16,17)/t15-/m1/s1. The Kier molecular flexibility index (Phi) is 3.14. The molecule has 17 heavy (non-hydrogen) atoms. The maximum Gasteiger partial charge on any atom is 0.318 e. The van der Waals surface area contributed by atoms with Crippen LogP contribution in [0.2, 0.25) is 0 Å². The van der Waals surface area contributed by atoms with Gasteiger partial charge >= 0.3 is 5.97 Å². The largest absolute Gasteiger partial charge is 0.480 e. The highest BCUT2D eigenvalue weighted by molar-refractivity contribution is 5.82. The molecule has 0 saturated heterocycles. The van der Waals surface area contributed by atoms with Gasteiger partial charge in [0, 0.05) is 0 Å². The van der Waals surface area contributed by atoms with E-state index in [1.54, 1.807) is 0 Å². The van der Waals surface area contributed by atoms with Crippen LogP contribution in [0.5, 0.6) is 0 Å². The zero-order valence-electron chi connectivity index (χ0n) is 9.89. The lowest BCUT2D eigenvalue weighted by Gasteiger charge is -2.29. The third-order valence-corrected chi connectivity index (χ3v) is 3.37. The zero-order chi connectivity index (χ0) is 12.3. The highest BCUT2D eigenvalue weighted by atomic mass is 16.4. The molecule has 0 fully saturated rings. The summed E-state index contributed by atoms with van der Waals surface area (Å²) in [7, 11) is 0. The van der Waals surface area contributed by atoms with Gasteiger partial charge in [0.1, 0.15) is 5.41 Å². The third-order valence-electron chi connectivity index (χ3n) is 3.37. The molecular weight excluding hydrogens is 212 g/mol. The van der Waals surface area contributed by atoms with Crippen molar-refractivity contribution in [2.75, 3.05) is 0 Å². The molecule has 1 atom stereocenters. The first kappa shape index (κ1) is 11.6. The van der Waals surface area contributed by atoms with Gasteiger partial charge < -0.3 is 5.11 Å². The van der Waals surface area contributed by atoms with E-state index in [4.69, 9.17) is 0 Å². The van der Waals surface area contributed by atoms with Crippen molar-refractivity contribution in [3.05, 3.63) is 59.7 Å². The Bertz CT molecular complexity index is 471. The Hall–Kier alpha value is -1.83. The summed E-state index contributed by atoms with van der Waals surface area (Å²) in [5.74, 6) is -0.772. The lowest BCUT2D eigenvalue weighted by atomic mass is 9.73. The number of carboxylic acids is 1. The normalized spacial score (nSPS) is 23.2. The van der Waals surface area contributed by atoms with Crippen LogP contribution in [0.1, 0.15) is 18.9 Å². The molecule has 0 amide bonds. The minimum atomic E-state index is -0.862. The molecule has 0 aliphatic heterocycles. The van der Waals surface area contributed by atoms with Crippen LogP contribution >= 0.6 is 0 Å². The number of carboxylic acid groups (broad SMARTS) is 1. The van der Waals surface area contributed by atoms with E-state index >= 15 is 0 Å². The number of hydrogen-bond acceptors (Lipinski definition) is 1. The number of allylic oxidation sites excluding steroid dienone is 2. The SMILES string of the molecule is CC1=CCC=C[C@]1(Cc1ccccc1)C(=O)O. The fourth-order valence-electron chi connectivity index (χ4n) is 2.26. The van der Waals surface area contributed by atoms with Gasteiger partial charge in [0.15, 0.2) is 0 Å². The van der Waals surface area contributed by atoms with Crippen LogP contribution in [0.25, 0.3) is 0 Å². The molecule has 1 aliphatic rings. The highest BCUT2D eigenvalue weighted by Gasteiger charge is 2.38. The molecule has 0 bridgehead atoms. The Morgan fingerprint density at radius 1 is 1.35 bits per heavy atom. The summed E-state index contributed by atoms with van der Waals surface area (Å²) in [6.45, 7) is 1.90. The molecule has 88 valence electrons. The monoisotopic (exact) mass is 228 g/mol. The van der Waals surface area contributed by atoms with Gasteiger partial charge in [-0.2, -0.15) is 0 Å². The molecular formula is C15H16O2. The number of hydrogen-bond donors (Lipinski definition) is 1. The minimum absolute atomic E-state index is 0.516. The highest BCUT2D eigenvalue weighted by Crippen LogP contribution is 2.36. The van der Waals surface area contributed by atoms with Crippen LogP contribution in [0.3, 0.4) is 0 Å². The predicted octanol–water partition coefficient (Wildman–Crippen LogP) is 3.21. The fourth-order valence-corrected chi connectivity index (χ4v) is 2.26. The van der Waals surface area contributed by atoms with Gasteiger partial charge in [0.25, 0.3) is 0 Å². The first-order chi connectivity index (χ1) is 8.15. The van der Waals surface area contributed by atoms with Gasteiger partial charge in [-0.3, -0.25) is 4.79 Å². The number of aliphatic carboxylic acids is 1. The van der Waals surface area contributed by atoms with Crippen LogP contribution in [-0.4, -0.2) is 11.1 Å². The van der Waals surface area contributed by atoms with Crippen LogP contribution in [0, 0.1) is 5.41 Å². The lowest BCUT2D eigenvalue weighted by Crippen LogP contribution is -2.33. The maximum absolute atomic E-state index is 11.6. The quantitative estimate of drug-likeness (QED) is 0.806. The van der Waals surface area contributed by atoms with E-state index in [0.717, 1.165) is 17.6 Å². The summed E-state index contributed by atoms with van der Waals surface area (Å²) >= 11 is 0. The van der Waals surface area contributed by atoms with Crippen molar-refractivity contribution in [2.24, 2.45) is 5.41 Å². The molecule has 1 aliphatic carbocycles. The van der Waals surface area contributed by atoms with Crippen LogP contribution in [-0.2, 0) is 11.2 Å². The van der Waals surface area contributed by atoms with Crippen LogP contribution < -0.4 is 0 Å². The van der Waals surface area contributed by atoms with Gasteiger partial charge in [-0.15, -0.1) is 0 Å². The first-order valence-electron chi connectivity index (χ1n) is 5.77. The number of carbonyl (C=O) groups is 1. The Balaban J connectivity index is 2.36. The fraction of sp³-hybridized carbons (Fsp3) is 0.267. The molecule has 0 radical (unpaired) electrons. The summed E-state index contributed by atoms with van der Waals surface area (Å²) in [5.41, 5.74) is 1.12. The second-order valence-electron chi connectivity index (χ2n) is 4.46. The van der Waals surface area contributed by atoms with E-state index < -0.39 is 11.4 Å². The molecule has 0 saturated carbocycles. The second kappa shape index (κ2) is 4.58. The van der Waals surface area contributed by atoms with E-state index in [-0.39, 0.29) is 0 Å². The topological polar surface area (TPSA) is 37.3 Å². The van der Waals surface area contributed by atoms with Gasteiger partial charge in [-0.25, -0.2) is 0 Å². The average Bonchev–Trinajstić information content (AvgIpc) is 2.33. The van der Waals surface area contributed by atoms with E-state index in [1.165, 1.54) is 0 Å². The van der Waals surface area contributed by atoms with Gasteiger partial charge in [-0.1, -0.05) is 54.1 Å². The van der Waals surface area contributed by atoms with Gasteiger partial charge in [0.2, 0.25) is 0 Å². The second-order valence-corrected chi connectivity index (χ2v) is 4.46. The smallest absolute Gasteiger partial charge is 0.318 e. The van der Waals surface area contributed by atoms with E-state index in [9.17, 15) is 9.90 Å². The van der Waals surface area contributed by atoms with Crippen LogP contribution in [0.4, 0.5) is 0 Å². The van der Waals surface area contributed by atoms with Crippen molar-refractivity contribution in [3.8, 4) is 0 Å². The molecule has 0 unspecified atom stereocenters. The Labute approximate surface area is 101 Å². The molecule has 0 spiro atoms. The lowest BCUT2D eigenvalue weighted by molar-refractivity contribution is -0.144. The Morgan fingerprint density at radius 2 is 2.06 bits per heavy atom. The van der Waals surface area contributed by atoms with E-state index in [0.29, 0.717) is 6.42 Å². The molecule has 0 heterocycles. The van der Waals surface area contributed by atoms with Crippen molar-refractivity contribution < 1.29 is 9.90 Å². The van der Waals surface area contributed by atoms with Crippen molar-refractivity contribution in [2.45, 2.75) is 19.8 Å². The van der Waals surface area contributed by atoms with Crippen molar-refractivity contribution in [1.29, 1.82) is 0 Å². The van der Waals surface area contributed by atoms with E-state index in [1.807, 2.05) is 55.5 Å². The molecule has 1 aromatic rings. The summed E-state index contributed by atoms with van der Waals surface area (Å²) in [4.78, 5) is 11.6. The average molecular weight is 228 g/mol. The Morgan fingerprint density at radius 3 is 2.65 bits per heavy atom. The molecule has 1 N–H and O–H groups in total. The first-order valence-corrected chi connectivity index (χ1v) is 5.77. The molecule has 1 aromatic carbocycles. The van der Waals surface area contributed by atoms with E-state index in [2.05, 4.69) is 0 Å². The summed E-state index contributed by atoms with van der Waals surface area (Å²) in [6.07, 6.45) is 7.11. The summed E-state index contributed by atoms with van der Waals surface area (Å²) < 4.78 is 0. The van der Waals surface area contributed by atoms with Crippen molar-refractivity contribution >= 4 is 5.97 Å². The molecule has 2 heteroatoms. The molecule has 0 aromatic heterocycles. The van der Waals surface area contributed by atoms with Gasteiger partial charge in [0.05, 0.1) is 0 Å². The molecule has 2 rings (SSSR count). The third kappa shape index (κ3) is 2.16. The van der Waals surface area contributed by atoms with Crippen LogP contribution in [0.15, 0.2) is 54.1 Å². The van der Waals surface area contributed by atoms with Gasteiger partial charge in [-0.05, 0) is 25.3 Å². The van der Waals surface area contributed by atoms with Crippen molar-refractivity contribution in [1.82, 2.24) is 0 Å². The maximum atomic E-state index is 11.6. The number of rotatable bonds is 3. The minimum Gasteiger partial charge on any atom is -0.480 e. The predicted molar refractivity (Wildman–Crippen MR) is 67.7 cm³/mol. The molecule has 2 nitrogen and oxygen atoms in total.